The molecule has 0 aliphatic carbocycles. The van der Waals surface area contributed by atoms with E-state index < -0.39 is 0 Å². The fourth-order valence-electron chi connectivity index (χ4n) is 4.18. The molecule has 4 heterocycles. The predicted molar refractivity (Wildman–Crippen MR) is 92.1 cm³/mol. The van der Waals surface area contributed by atoms with Gasteiger partial charge in [-0.2, -0.15) is 11.3 Å². The lowest BCUT2D eigenvalue weighted by Gasteiger charge is -2.39. The van der Waals surface area contributed by atoms with Crippen LogP contribution in [-0.2, 0) is 9.53 Å². The van der Waals surface area contributed by atoms with Gasteiger partial charge in [0, 0.05) is 31.6 Å². The van der Waals surface area contributed by atoms with E-state index in [1.807, 2.05) is 26.6 Å². The van der Waals surface area contributed by atoms with Crippen LogP contribution < -0.4 is 0 Å². The van der Waals surface area contributed by atoms with Crippen LogP contribution in [0.3, 0.4) is 0 Å². The number of hydrogen-bond acceptors (Lipinski definition) is 4. The quantitative estimate of drug-likeness (QED) is 0.825. The normalized spacial score (nSPS) is 26.2. The maximum atomic E-state index is 12.5. The van der Waals surface area contributed by atoms with Crippen molar-refractivity contribution in [3.8, 4) is 0 Å². The molecule has 3 aliphatic heterocycles. The summed E-state index contributed by atoms with van der Waals surface area (Å²) >= 11 is 1.55. The molecule has 130 valence electrons. The molecule has 24 heavy (non-hydrogen) atoms. The number of piperidine rings is 1. The van der Waals surface area contributed by atoms with Crippen molar-refractivity contribution in [2.75, 3.05) is 26.2 Å². The molecule has 3 aliphatic rings. The van der Waals surface area contributed by atoms with Crippen molar-refractivity contribution in [3.63, 3.8) is 0 Å². The van der Waals surface area contributed by atoms with Crippen LogP contribution in [0.4, 0.5) is 0 Å². The average Bonchev–Trinajstić information content (AvgIpc) is 3.36. The van der Waals surface area contributed by atoms with E-state index in [1.54, 1.807) is 11.3 Å². The van der Waals surface area contributed by atoms with Gasteiger partial charge in [-0.05, 0) is 50.0 Å². The predicted octanol–water partition coefficient (Wildman–Crippen LogP) is 2.52. The van der Waals surface area contributed by atoms with E-state index in [-0.39, 0.29) is 23.5 Å². The molecule has 0 bridgehead atoms. The Morgan fingerprint density at radius 3 is 2.50 bits per heavy atom. The molecular weight excluding hydrogens is 324 g/mol. The highest BCUT2D eigenvalue weighted by atomic mass is 32.1. The number of nitrogens with zero attached hydrogens (tertiary/aromatic N) is 2. The zero-order valence-corrected chi connectivity index (χ0v) is 14.7. The number of hydrogen-bond donors (Lipinski definition) is 0. The van der Waals surface area contributed by atoms with E-state index in [0.717, 1.165) is 70.3 Å². The van der Waals surface area contributed by atoms with Gasteiger partial charge in [-0.15, -0.1) is 0 Å². The minimum atomic E-state index is -0.262. The van der Waals surface area contributed by atoms with Crippen LogP contribution in [0.5, 0.6) is 0 Å². The van der Waals surface area contributed by atoms with Crippen LogP contribution in [0, 0.1) is 0 Å². The highest BCUT2D eigenvalue weighted by Gasteiger charge is 2.46. The minimum absolute atomic E-state index is 0.119. The summed E-state index contributed by atoms with van der Waals surface area (Å²) in [6.07, 6.45) is 5.42. The number of amides is 2. The van der Waals surface area contributed by atoms with Crippen molar-refractivity contribution in [1.29, 1.82) is 0 Å². The zero-order valence-electron chi connectivity index (χ0n) is 13.9. The third-order valence-corrected chi connectivity index (χ3v) is 6.36. The highest BCUT2D eigenvalue weighted by molar-refractivity contribution is 7.08. The Bertz CT molecular complexity index is 602. The van der Waals surface area contributed by atoms with Crippen molar-refractivity contribution in [1.82, 2.24) is 9.80 Å². The molecule has 3 saturated heterocycles. The fraction of sp³-hybridized carbons (Fsp3) is 0.667. The number of carbonyl (C=O) groups excluding carboxylic acids is 2. The molecule has 0 radical (unpaired) electrons. The summed E-state index contributed by atoms with van der Waals surface area (Å²) in [5.74, 6) is 0.301. The second-order valence-electron chi connectivity index (χ2n) is 7.16. The van der Waals surface area contributed by atoms with Crippen molar-refractivity contribution >= 4 is 23.2 Å². The second kappa shape index (κ2) is 6.48. The van der Waals surface area contributed by atoms with Gasteiger partial charge < -0.3 is 14.5 Å². The standard InChI is InChI=1S/C18H24N2O3S/c21-16(14-4-12-24-13-14)20-10-6-18(7-11-20)5-3-15(23-18)17(22)19-8-1-2-9-19/h4,12-13,15H,1-3,5-11H2/t15-/m0/s1. The average molecular weight is 348 g/mol. The summed E-state index contributed by atoms with van der Waals surface area (Å²) in [7, 11) is 0. The maximum absolute atomic E-state index is 12.5. The molecule has 2 amide bonds. The molecule has 1 atom stereocenters. The molecule has 1 aromatic rings. The number of ether oxygens (including phenoxy) is 1. The Hall–Kier alpha value is -1.40. The monoisotopic (exact) mass is 348 g/mol. The van der Waals surface area contributed by atoms with E-state index in [9.17, 15) is 9.59 Å². The smallest absolute Gasteiger partial charge is 0.254 e. The first kappa shape index (κ1) is 16.1. The van der Waals surface area contributed by atoms with Gasteiger partial charge in [-0.3, -0.25) is 9.59 Å². The van der Waals surface area contributed by atoms with Crippen LogP contribution in [-0.4, -0.2) is 59.5 Å². The zero-order chi connectivity index (χ0) is 16.6. The molecule has 0 N–H and O–H groups in total. The molecule has 1 aromatic heterocycles. The van der Waals surface area contributed by atoms with Crippen LogP contribution in [0.1, 0.15) is 48.9 Å². The van der Waals surface area contributed by atoms with Gasteiger partial charge >= 0.3 is 0 Å². The topological polar surface area (TPSA) is 49.9 Å². The molecular formula is C18H24N2O3S. The first-order valence-electron chi connectivity index (χ1n) is 8.95. The fourth-order valence-corrected chi connectivity index (χ4v) is 4.81. The summed E-state index contributed by atoms with van der Waals surface area (Å²) in [4.78, 5) is 28.9. The Kier molecular flexibility index (Phi) is 4.35. The minimum Gasteiger partial charge on any atom is -0.362 e. The Balaban J connectivity index is 1.34. The maximum Gasteiger partial charge on any atom is 0.254 e. The molecule has 0 saturated carbocycles. The molecule has 1 spiro atoms. The first-order chi connectivity index (χ1) is 11.7. The summed E-state index contributed by atoms with van der Waals surface area (Å²) in [6, 6.07) is 1.88. The lowest BCUT2D eigenvalue weighted by atomic mass is 9.88. The molecule has 4 rings (SSSR count). The number of carbonyl (C=O) groups is 2. The molecule has 0 aromatic carbocycles. The third-order valence-electron chi connectivity index (χ3n) is 5.68. The van der Waals surface area contributed by atoms with Gasteiger partial charge in [-0.1, -0.05) is 0 Å². The highest BCUT2D eigenvalue weighted by Crippen LogP contribution is 2.40. The second-order valence-corrected chi connectivity index (χ2v) is 7.94. The summed E-state index contributed by atoms with van der Waals surface area (Å²) in [5, 5.41) is 3.84. The van der Waals surface area contributed by atoms with Crippen LogP contribution in [0.25, 0.3) is 0 Å². The van der Waals surface area contributed by atoms with Crippen LogP contribution >= 0.6 is 11.3 Å². The molecule has 5 nitrogen and oxygen atoms in total. The number of rotatable bonds is 2. The first-order valence-corrected chi connectivity index (χ1v) is 9.89. The van der Waals surface area contributed by atoms with Crippen molar-refractivity contribution < 1.29 is 14.3 Å². The van der Waals surface area contributed by atoms with Gasteiger partial charge in [-0.25, -0.2) is 0 Å². The summed E-state index contributed by atoms with van der Waals surface area (Å²) in [6.45, 7) is 3.21. The van der Waals surface area contributed by atoms with E-state index in [2.05, 4.69) is 0 Å². The largest absolute Gasteiger partial charge is 0.362 e. The summed E-state index contributed by atoms with van der Waals surface area (Å²) < 4.78 is 6.26. The van der Waals surface area contributed by atoms with Crippen molar-refractivity contribution in [2.24, 2.45) is 0 Å². The Morgan fingerprint density at radius 1 is 1.08 bits per heavy atom. The van der Waals surface area contributed by atoms with Gasteiger partial charge in [0.15, 0.2) is 0 Å². The van der Waals surface area contributed by atoms with Crippen molar-refractivity contribution in [2.45, 2.75) is 50.2 Å². The van der Waals surface area contributed by atoms with E-state index >= 15 is 0 Å². The molecule has 0 unspecified atom stereocenters. The lowest BCUT2D eigenvalue weighted by molar-refractivity contribution is -0.149. The van der Waals surface area contributed by atoms with E-state index in [0.29, 0.717) is 0 Å². The van der Waals surface area contributed by atoms with E-state index in [4.69, 9.17) is 4.74 Å². The van der Waals surface area contributed by atoms with Gasteiger partial charge in [0.25, 0.3) is 11.8 Å². The van der Waals surface area contributed by atoms with Crippen molar-refractivity contribution in [3.05, 3.63) is 22.4 Å². The number of thiophene rings is 1. The third kappa shape index (κ3) is 2.97. The van der Waals surface area contributed by atoms with E-state index in [1.165, 1.54) is 0 Å². The van der Waals surface area contributed by atoms with Crippen LogP contribution in [0.15, 0.2) is 16.8 Å². The van der Waals surface area contributed by atoms with Crippen LogP contribution in [0.2, 0.25) is 0 Å². The molecule has 3 fully saturated rings. The number of likely N-dealkylation sites (tertiary alicyclic amines) is 2. The lowest BCUT2D eigenvalue weighted by Crippen LogP contribution is -2.47. The van der Waals surface area contributed by atoms with Gasteiger partial charge in [0.05, 0.1) is 11.2 Å². The summed E-state index contributed by atoms with van der Waals surface area (Å²) in [5.41, 5.74) is 0.594. The van der Waals surface area contributed by atoms with Gasteiger partial charge in [0.2, 0.25) is 0 Å². The Morgan fingerprint density at radius 2 is 1.83 bits per heavy atom. The van der Waals surface area contributed by atoms with Gasteiger partial charge in [0.1, 0.15) is 6.10 Å². The SMILES string of the molecule is O=C(c1ccsc1)N1CCC2(CC[C@@H](C(=O)N3CCCC3)O2)CC1. The Labute approximate surface area is 146 Å². The molecule has 6 heteroatoms.